The number of hydrogen-bond acceptors (Lipinski definition) is 2. The van der Waals surface area contributed by atoms with E-state index >= 15 is 0 Å². The molecule has 1 aliphatic heterocycles. The predicted molar refractivity (Wildman–Crippen MR) is 51.6 cm³/mol. The second kappa shape index (κ2) is 3.10. The molecule has 0 radical (unpaired) electrons. The van der Waals surface area contributed by atoms with Crippen molar-refractivity contribution in [1.29, 1.82) is 0 Å². The van der Waals surface area contributed by atoms with Gasteiger partial charge in [-0.15, -0.1) is 5.46 Å². The second-order valence-electron chi connectivity index (χ2n) is 3.55. The van der Waals surface area contributed by atoms with Crippen molar-refractivity contribution in [1.82, 2.24) is 4.90 Å². The lowest BCUT2D eigenvalue weighted by Crippen LogP contribution is -2.34. The third-order valence-corrected chi connectivity index (χ3v) is 2.49. The minimum absolute atomic E-state index is 0.0244. The normalized spacial score (nSPS) is 15.6. The van der Waals surface area contributed by atoms with Crippen molar-refractivity contribution in [2.75, 3.05) is 7.05 Å². The third kappa shape index (κ3) is 1.39. The number of carbonyl (C=O) groups is 2. The van der Waals surface area contributed by atoms with Gasteiger partial charge in [0.25, 0.3) is 11.8 Å². The van der Waals surface area contributed by atoms with Gasteiger partial charge in [0.1, 0.15) is 0 Å². The Morgan fingerprint density at radius 3 is 2.19 bits per heavy atom. The molecule has 1 aromatic carbocycles. The van der Waals surface area contributed by atoms with E-state index in [2.05, 4.69) is 0 Å². The van der Waals surface area contributed by atoms with E-state index in [1.54, 1.807) is 0 Å². The van der Waals surface area contributed by atoms with Crippen molar-refractivity contribution in [3.05, 3.63) is 29.3 Å². The lowest BCUT2D eigenvalue weighted by atomic mass is 9.79. The van der Waals surface area contributed by atoms with Crippen LogP contribution in [0.1, 0.15) is 20.7 Å². The van der Waals surface area contributed by atoms with Gasteiger partial charge in [0.15, 0.2) is 0 Å². The van der Waals surface area contributed by atoms with Gasteiger partial charge in [-0.1, -0.05) is 18.2 Å². The summed E-state index contributed by atoms with van der Waals surface area (Å²) in [6, 6.07) is 2.60. The Labute approximate surface area is 88.9 Å². The van der Waals surface area contributed by atoms with E-state index < -0.39 is 24.3 Å². The summed E-state index contributed by atoms with van der Waals surface area (Å²) in [6.45, 7) is -5.15. The second-order valence-corrected chi connectivity index (χ2v) is 3.55. The van der Waals surface area contributed by atoms with Crippen LogP contribution in [0, 0.1) is 0 Å². The first-order valence-electron chi connectivity index (χ1n) is 4.48. The van der Waals surface area contributed by atoms with E-state index in [4.69, 9.17) is 0 Å². The van der Waals surface area contributed by atoms with Crippen molar-refractivity contribution >= 4 is 24.3 Å². The first-order valence-corrected chi connectivity index (χ1v) is 4.48. The number of amides is 2. The molecular formula is C9H6BF3NO2-. The molecule has 0 atom stereocenters. The van der Waals surface area contributed by atoms with E-state index in [1.807, 2.05) is 0 Å². The quantitative estimate of drug-likeness (QED) is 0.530. The molecule has 0 saturated carbocycles. The summed E-state index contributed by atoms with van der Waals surface area (Å²) in [6.07, 6.45) is 0. The van der Waals surface area contributed by atoms with Crippen LogP contribution < -0.4 is 5.46 Å². The minimum Gasteiger partial charge on any atom is -0.445 e. The van der Waals surface area contributed by atoms with Crippen LogP contribution in [0.2, 0.25) is 0 Å². The number of carbonyl (C=O) groups excluding carboxylic acids is 2. The molecule has 16 heavy (non-hydrogen) atoms. The molecule has 1 aliphatic rings. The molecule has 84 valence electrons. The van der Waals surface area contributed by atoms with Crippen LogP contribution in [0.5, 0.6) is 0 Å². The maximum absolute atomic E-state index is 12.4. The Bertz CT molecular complexity index is 498. The van der Waals surface area contributed by atoms with Gasteiger partial charge in [0, 0.05) is 12.6 Å². The van der Waals surface area contributed by atoms with E-state index in [1.165, 1.54) is 7.05 Å². The highest BCUT2D eigenvalue weighted by Gasteiger charge is 2.35. The van der Waals surface area contributed by atoms with Crippen LogP contribution in [-0.4, -0.2) is 30.7 Å². The molecule has 0 bridgehead atoms. The number of rotatable bonds is 1. The summed E-state index contributed by atoms with van der Waals surface area (Å²) >= 11 is 0. The number of halogens is 3. The standard InChI is InChI=1S/C9H6BF3NO2/c1-14-8(15)6-3-2-5(10(11,12)13)4-7(6)9(14)16/h2-4H,1H3/q-1. The van der Waals surface area contributed by atoms with Crippen molar-refractivity contribution in [3.63, 3.8) is 0 Å². The summed E-state index contributed by atoms with van der Waals surface area (Å²) in [5, 5.41) is 0. The monoisotopic (exact) mass is 228 g/mol. The molecule has 0 saturated heterocycles. The Hall–Kier alpha value is -1.79. The molecule has 7 heteroatoms. The lowest BCUT2D eigenvalue weighted by Gasteiger charge is -2.14. The number of nitrogens with zero attached hydrogens (tertiary/aromatic N) is 1. The van der Waals surface area contributed by atoms with Gasteiger partial charge in [-0.25, -0.2) is 0 Å². The Balaban J connectivity index is 2.58. The van der Waals surface area contributed by atoms with E-state index in [0.717, 1.165) is 23.1 Å². The predicted octanol–water partition coefficient (Wildman–Crippen LogP) is 0.967. The average Bonchev–Trinajstić information content (AvgIpc) is 2.43. The zero-order valence-electron chi connectivity index (χ0n) is 8.21. The fourth-order valence-electron chi connectivity index (χ4n) is 1.58. The van der Waals surface area contributed by atoms with E-state index in [-0.39, 0.29) is 11.1 Å². The topological polar surface area (TPSA) is 37.4 Å². The summed E-state index contributed by atoms with van der Waals surface area (Å²) < 4.78 is 37.3. The van der Waals surface area contributed by atoms with Crippen LogP contribution in [0.15, 0.2) is 18.2 Å². The van der Waals surface area contributed by atoms with Gasteiger partial charge in [0.05, 0.1) is 5.56 Å². The Morgan fingerprint density at radius 1 is 1.06 bits per heavy atom. The van der Waals surface area contributed by atoms with E-state index in [9.17, 15) is 22.5 Å². The fourth-order valence-corrected chi connectivity index (χ4v) is 1.58. The highest BCUT2D eigenvalue weighted by atomic mass is 19.4. The van der Waals surface area contributed by atoms with Crippen LogP contribution in [0.3, 0.4) is 0 Å². The molecule has 0 N–H and O–H groups in total. The SMILES string of the molecule is CN1C(=O)c2ccc([B-](F)(F)F)cc2C1=O. The molecule has 2 amide bonds. The summed E-state index contributed by atoms with van der Waals surface area (Å²) in [4.78, 5) is 23.6. The minimum atomic E-state index is -5.15. The summed E-state index contributed by atoms with van der Waals surface area (Å²) in [7, 11) is 1.24. The van der Waals surface area contributed by atoms with Crippen LogP contribution in [0.4, 0.5) is 12.9 Å². The summed E-state index contributed by atoms with van der Waals surface area (Å²) in [5.41, 5.74) is -1.02. The van der Waals surface area contributed by atoms with Crippen LogP contribution in [-0.2, 0) is 0 Å². The smallest absolute Gasteiger partial charge is 0.445 e. The highest BCUT2D eigenvalue weighted by Crippen LogP contribution is 2.21. The third-order valence-electron chi connectivity index (χ3n) is 2.49. The first kappa shape index (κ1) is 10.7. The van der Waals surface area contributed by atoms with Crippen LogP contribution >= 0.6 is 0 Å². The molecule has 0 aromatic heterocycles. The largest absolute Gasteiger partial charge is 0.509 e. The van der Waals surface area contributed by atoms with Crippen molar-refractivity contribution in [2.24, 2.45) is 0 Å². The zero-order chi connectivity index (χ0) is 12.1. The summed E-state index contributed by atoms with van der Waals surface area (Å²) in [5.74, 6) is -1.26. The lowest BCUT2D eigenvalue weighted by molar-refractivity contribution is 0.0693. The van der Waals surface area contributed by atoms with Crippen molar-refractivity contribution in [3.8, 4) is 0 Å². The number of hydrogen-bond donors (Lipinski definition) is 0. The Kier molecular flexibility index (Phi) is 2.08. The molecule has 0 aliphatic carbocycles. The number of benzene rings is 1. The molecule has 0 unspecified atom stereocenters. The van der Waals surface area contributed by atoms with Crippen LogP contribution in [0.25, 0.3) is 0 Å². The average molecular weight is 228 g/mol. The number of fused-ring (bicyclic) bond motifs is 1. The molecule has 0 fully saturated rings. The van der Waals surface area contributed by atoms with Crippen molar-refractivity contribution < 1.29 is 22.5 Å². The zero-order valence-corrected chi connectivity index (χ0v) is 8.21. The van der Waals surface area contributed by atoms with Gasteiger partial charge in [-0.3, -0.25) is 14.5 Å². The van der Waals surface area contributed by atoms with Gasteiger partial charge in [-0.2, -0.15) is 0 Å². The fraction of sp³-hybridized carbons (Fsp3) is 0.111. The van der Waals surface area contributed by atoms with Gasteiger partial charge in [-0.05, 0) is 0 Å². The number of imide groups is 1. The molecule has 1 heterocycles. The first-order chi connectivity index (χ1) is 7.32. The Morgan fingerprint density at radius 2 is 1.62 bits per heavy atom. The van der Waals surface area contributed by atoms with Crippen molar-refractivity contribution in [2.45, 2.75) is 0 Å². The maximum atomic E-state index is 12.4. The molecule has 3 nitrogen and oxygen atoms in total. The molecular weight excluding hydrogens is 222 g/mol. The molecule has 1 aromatic rings. The molecule has 2 rings (SSSR count). The van der Waals surface area contributed by atoms with Gasteiger partial charge in [0.2, 0.25) is 0 Å². The molecule has 0 spiro atoms. The van der Waals surface area contributed by atoms with Gasteiger partial charge >= 0.3 is 6.98 Å². The van der Waals surface area contributed by atoms with Gasteiger partial charge < -0.3 is 12.9 Å². The maximum Gasteiger partial charge on any atom is 0.509 e. The highest BCUT2D eigenvalue weighted by molar-refractivity contribution is 6.73. The van der Waals surface area contributed by atoms with E-state index in [0.29, 0.717) is 0 Å².